The summed E-state index contributed by atoms with van der Waals surface area (Å²) >= 11 is 3.24. The molecule has 2 rings (SSSR count). The molecule has 1 aliphatic heterocycles. The zero-order chi connectivity index (χ0) is 9.42. The minimum atomic E-state index is -0.138. The molecule has 0 amide bonds. The van der Waals surface area contributed by atoms with Crippen LogP contribution in [0.1, 0.15) is 6.92 Å². The van der Waals surface area contributed by atoms with Crippen LogP contribution in [0.15, 0.2) is 22.7 Å². The van der Waals surface area contributed by atoms with Crippen LogP contribution >= 0.6 is 15.9 Å². The van der Waals surface area contributed by atoms with Crippen molar-refractivity contribution in [3.8, 4) is 0 Å². The van der Waals surface area contributed by atoms with E-state index in [1.807, 2.05) is 12.1 Å². The van der Waals surface area contributed by atoms with Crippen molar-refractivity contribution in [3.05, 3.63) is 28.5 Å². The Balaban J connectivity index is 2.21. The molecule has 0 unspecified atom stereocenters. The van der Waals surface area contributed by atoms with Crippen LogP contribution < -0.4 is 4.90 Å². The molecule has 0 aliphatic carbocycles. The number of benzene rings is 1. The van der Waals surface area contributed by atoms with Gasteiger partial charge >= 0.3 is 0 Å². The highest BCUT2D eigenvalue weighted by molar-refractivity contribution is 9.10. The average Bonchev–Trinajstić information content (AvgIpc) is 2.00. The minimum Gasteiger partial charge on any atom is -0.369 e. The van der Waals surface area contributed by atoms with Crippen LogP contribution in [0.25, 0.3) is 0 Å². The van der Waals surface area contributed by atoms with Gasteiger partial charge in [0.15, 0.2) is 0 Å². The minimum absolute atomic E-state index is 0.138. The lowest BCUT2D eigenvalue weighted by Crippen LogP contribution is -2.45. The zero-order valence-corrected chi connectivity index (χ0v) is 9.01. The lowest BCUT2D eigenvalue weighted by molar-refractivity contribution is 0.439. The second-order valence-corrected chi connectivity index (χ2v) is 4.52. The van der Waals surface area contributed by atoms with Crippen molar-refractivity contribution in [1.29, 1.82) is 0 Å². The number of hydrogen-bond acceptors (Lipinski definition) is 1. The molecule has 0 saturated carbocycles. The normalized spacial score (nSPS) is 17.3. The van der Waals surface area contributed by atoms with E-state index in [0.717, 1.165) is 23.2 Å². The van der Waals surface area contributed by atoms with E-state index in [9.17, 15) is 4.39 Å². The molecule has 1 nitrogen and oxygen atoms in total. The van der Waals surface area contributed by atoms with Gasteiger partial charge in [-0.15, -0.1) is 0 Å². The summed E-state index contributed by atoms with van der Waals surface area (Å²) in [5.41, 5.74) is 0.723. The molecule has 0 radical (unpaired) electrons. The van der Waals surface area contributed by atoms with E-state index in [2.05, 4.69) is 27.8 Å². The SMILES string of the molecule is CC1CN(c2ccc(Br)cc2F)C1. The van der Waals surface area contributed by atoms with Gasteiger partial charge in [-0.3, -0.25) is 0 Å². The summed E-state index contributed by atoms with van der Waals surface area (Å²) in [4.78, 5) is 2.06. The Morgan fingerprint density at radius 3 is 2.69 bits per heavy atom. The van der Waals surface area contributed by atoms with Gasteiger partial charge in [-0.2, -0.15) is 0 Å². The predicted molar refractivity (Wildman–Crippen MR) is 55.5 cm³/mol. The monoisotopic (exact) mass is 243 g/mol. The van der Waals surface area contributed by atoms with Crippen molar-refractivity contribution < 1.29 is 4.39 Å². The summed E-state index contributed by atoms with van der Waals surface area (Å²) in [6.07, 6.45) is 0. The third kappa shape index (κ3) is 1.70. The molecule has 3 heteroatoms. The molecule has 1 aliphatic rings. The number of rotatable bonds is 1. The Kier molecular flexibility index (Phi) is 2.28. The molecule has 0 spiro atoms. The molecule has 13 heavy (non-hydrogen) atoms. The van der Waals surface area contributed by atoms with Crippen molar-refractivity contribution in [1.82, 2.24) is 0 Å². The third-order valence-electron chi connectivity index (χ3n) is 2.31. The van der Waals surface area contributed by atoms with Gasteiger partial charge in [0.05, 0.1) is 5.69 Å². The second-order valence-electron chi connectivity index (χ2n) is 3.61. The first-order valence-corrected chi connectivity index (χ1v) is 5.16. The quantitative estimate of drug-likeness (QED) is 0.733. The van der Waals surface area contributed by atoms with Crippen molar-refractivity contribution in [2.75, 3.05) is 18.0 Å². The Morgan fingerprint density at radius 1 is 1.46 bits per heavy atom. The molecule has 1 aromatic carbocycles. The van der Waals surface area contributed by atoms with Gasteiger partial charge < -0.3 is 4.90 Å². The lowest BCUT2D eigenvalue weighted by Gasteiger charge is -2.39. The highest BCUT2D eigenvalue weighted by Gasteiger charge is 2.24. The highest BCUT2D eigenvalue weighted by Crippen LogP contribution is 2.28. The fraction of sp³-hybridized carbons (Fsp3) is 0.400. The first-order chi connectivity index (χ1) is 6.16. The van der Waals surface area contributed by atoms with E-state index in [-0.39, 0.29) is 5.82 Å². The van der Waals surface area contributed by atoms with Crippen molar-refractivity contribution in [3.63, 3.8) is 0 Å². The smallest absolute Gasteiger partial charge is 0.147 e. The molecule has 1 fully saturated rings. The highest BCUT2D eigenvalue weighted by atomic mass is 79.9. The fourth-order valence-electron chi connectivity index (χ4n) is 1.63. The van der Waals surface area contributed by atoms with Gasteiger partial charge in [0.25, 0.3) is 0 Å². The lowest BCUT2D eigenvalue weighted by atomic mass is 10.0. The number of anilines is 1. The van der Waals surface area contributed by atoms with Gasteiger partial charge in [-0.25, -0.2) is 4.39 Å². The zero-order valence-electron chi connectivity index (χ0n) is 7.43. The maximum Gasteiger partial charge on any atom is 0.147 e. The van der Waals surface area contributed by atoms with Gasteiger partial charge in [-0.05, 0) is 24.1 Å². The van der Waals surface area contributed by atoms with Crippen LogP contribution in [0.5, 0.6) is 0 Å². The van der Waals surface area contributed by atoms with E-state index >= 15 is 0 Å². The van der Waals surface area contributed by atoms with E-state index in [4.69, 9.17) is 0 Å². The molecule has 0 aromatic heterocycles. The van der Waals surface area contributed by atoms with Gasteiger partial charge in [0, 0.05) is 17.6 Å². The fourth-order valence-corrected chi connectivity index (χ4v) is 1.97. The molecule has 70 valence electrons. The van der Waals surface area contributed by atoms with Crippen LogP contribution in [0, 0.1) is 11.7 Å². The Bertz CT molecular complexity index is 321. The largest absolute Gasteiger partial charge is 0.369 e. The predicted octanol–water partition coefficient (Wildman–Crippen LogP) is 3.04. The number of nitrogens with zero attached hydrogens (tertiary/aromatic N) is 1. The summed E-state index contributed by atoms with van der Waals surface area (Å²) < 4.78 is 14.2. The summed E-state index contributed by atoms with van der Waals surface area (Å²) in [5, 5.41) is 0. The molecule has 1 heterocycles. The van der Waals surface area contributed by atoms with Crippen LogP contribution in [-0.4, -0.2) is 13.1 Å². The molecule has 0 atom stereocenters. The topological polar surface area (TPSA) is 3.24 Å². The molecular formula is C10H11BrFN. The van der Waals surface area contributed by atoms with Crippen LogP contribution in [0.2, 0.25) is 0 Å². The van der Waals surface area contributed by atoms with Crippen molar-refractivity contribution in [2.24, 2.45) is 5.92 Å². The maximum absolute atomic E-state index is 13.4. The standard InChI is InChI=1S/C10H11BrFN/c1-7-5-13(6-7)10-3-2-8(11)4-9(10)12/h2-4,7H,5-6H2,1H3. The van der Waals surface area contributed by atoms with E-state index in [1.54, 1.807) is 0 Å². The Hall–Kier alpha value is -0.570. The van der Waals surface area contributed by atoms with E-state index in [0.29, 0.717) is 5.92 Å². The third-order valence-corrected chi connectivity index (χ3v) is 2.81. The Morgan fingerprint density at radius 2 is 2.15 bits per heavy atom. The average molecular weight is 244 g/mol. The maximum atomic E-state index is 13.4. The summed E-state index contributed by atoms with van der Waals surface area (Å²) in [7, 11) is 0. The summed E-state index contributed by atoms with van der Waals surface area (Å²) in [6, 6.07) is 5.21. The first-order valence-electron chi connectivity index (χ1n) is 4.37. The molecule has 1 saturated heterocycles. The molecule has 0 N–H and O–H groups in total. The van der Waals surface area contributed by atoms with Gasteiger partial charge in [0.1, 0.15) is 5.82 Å². The summed E-state index contributed by atoms with van der Waals surface area (Å²) in [5.74, 6) is 0.560. The van der Waals surface area contributed by atoms with Crippen LogP contribution in [0.3, 0.4) is 0 Å². The van der Waals surface area contributed by atoms with Gasteiger partial charge in [0.2, 0.25) is 0 Å². The Labute approximate surface area is 85.7 Å². The van der Waals surface area contributed by atoms with Gasteiger partial charge in [-0.1, -0.05) is 22.9 Å². The van der Waals surface area contributed by atoms with E-state index in [1.165, 1.54) is 6.07 Å². The molecular weight excluding hydrogens is 233 g/mol. The van der Waals surface area contributed by atoms with Crippen molar-refractivity contribution >= 4 is 21.6 Å². The van der Waals surface area contributed by atoms with E-state index < -0.39 is 0 Å². The van der Waals surface area contributed by atoms with Crippen LogP contribution in [0.4, 0.5) is 10.1 Å². The number of hydrogen-bond donors (Lipinski definition) is 0. The molecule has 0 bridgehead atoms. The van der Waals surface area contributed by atoms with Crippen LogP contribution in [-0.2, 0) is 0 Å². The van der Waals surface area contributed by atoms with Crippen molar-refractivity contribution in [2.45, 2.75) is 6.92 Å². The summed E-state index contributed by atoms with van der Waals surface area (Å²) in [6.45, 7) is 4.12. The first kappa shape index (κ1) is 9.00. The number of halogens is 2. The second kappa shape index (κ2) is 3.29. The molecule has 1 aromatic rings.